The molecule has 0 amide bonds. The van der Waals surface area contributed by atoms with Crippen molar-refractivity contribution in [2.45, 2.75) is 38.4 Å². The van der Waals surface area contributed by atoms with Gasteiger partial charge >= 0.3 is 59.1 Å². The van der Waals surface area contributed by atoms with E-state index in [1.807, 2.05) is 37.4 Å². The van der Waals surface area contributed by atoms with Gasteiger partial charge in [0.15, 0.2) is 0 Å². The summed E-state index contributed by atoms with van der Waals surface area (Å²) in [6.45, 7) is 6.29. The van der Waals surface area contributed by atoms with Crippen LogP contribution >= 0.6 is 0 Å². The van der Waals surface area contributed by atoms with Crippen LogP contribution in [0.1, 0.15) is 32.4 Å². The van der Waals surface area contributed by atoms with Crippen molar-refractivity contribution in [3.8, 4) is 28.6 Å². The molecule has 0 aliphatic heterocycles. The SMILES string of the molecule is CCc1[c-]cc(O)c(-c2nnc([S-])n2-c2ccc(OC)c3c2ccn3C(C)C)c1.[Na+].[Na+].[OH-]. The maximum atomic E-state index is 10.5. The number of aromatic hydroxyl groups is 1. The van der Waals surface area contributed by atoms with Crippen molar-refractivity contribution in [2.24, 2.45) is 0 Å². The maximum absolute atomic E-state index is 10.5. The predicted octanol–water partition coefficient (Wildman–Crippen LogP) is -1.72. The quantitative estimate of drug-likeness (QED) is 0.212. The van der Waals surface area contributed by atoms with Crippen LogP contribution in [0.15, 0.2) is 41.7 Å². The number of methoxy groups -OCH3 is 1. The second kappa shape index (κ2) is 11.9. The summed E-state index contributed by atoms with van der Waals surface area (Å²) in [4.78, 5) is 0. The van der Waals surface area contributed by atoms with Crippen LogP contribution in [-0.4, -0.2) is 37.0 Å². The number of fused-ring (bicyclic) bond motifs is 1. The van der Waals surface area contributed by atoms with Gasteiger partial charge in [-0.2, -0.15) is 22.8 Å². The number of ether oxygens (including phenoxy) is 1. The number of aryl methyl sites for hydroxylation is 1. The number of hydrogen-bond donors (Lipinski definition) is 1. The average molecular weight is 469 g/mol. The topological polar surface area (TPSA) is 95.1 Å². The van der Waals surface area contributed by atoms with Crippen LogP contribution in [0.4, 0.5) is 0 Å². The first kappa shape index (κ1) is 28.9. The minimum Gasteiger partial charge on any atom is -0.870 e. The van der Waals surface area contributed by atoms with E-state index in [0.717, 1.165) is 34.3 Å². The Kier molecular flexibility index (Phi) is 10.7. The maximum Gasteiger partial charge on any atom is 1.00 e. The first-order chi connectivity index (χ1) is 14.0. The Morgan fingerprint density at radius 3 is 2.53 bits per heavy atom. The molecule has 0 saturated heterocycles. The van der Waals surface area contributed by atoms with Crippen molar-refractivity contribution in [1.82, 2.24) is 19.3 Å². The summed E-state index contributed by atoms with van der Waals surface area (Å²) < 4.78 is 9.58. The summed E-state index contributed by atoms with van der Waals surface area (Å²) in [5.41, 5.74) is 3.38. The van der Waals surface area contributed by atoms with E-state index in [2.05, 4.69) is 34.7 Å². The van der Waals surface area contributed by atoms with Gasteiger partial charge in [0.2, 0.25) is 0 Å². The number of phenols is 1. The molecule has 0 aliphatic carbocycles. The van der Waals surface area contributed by atoms with E-state index in [4.69, 9.17) is 17.4 Å². The molecule has 32 heavy (non-hydrogen) atoms. The molecule has 0 spiro atoms. The molecule has 4 rings (SSSR count). The third kappa shape index (κ3) is 5.03. The summed E-state index contributed by atoms with van der Waals surface area (Å²) >= 11 is 5.50. The standard InChI is InChI=1S/C22H23N4O2S.2Na.H2O/c1-5-14-6-8-18(27)16(12-14)21-23-24-22(29)26(21)17-7-9-19(28-4)20-15(17)10-11-25(20)13(2)3;;;/h7-13,27H,5H2,1-4H3,(H,24,29);;;1H2/q-1;2*+1;/p-2. The molecule has 0 radical (unpaired) electrons. The predicted molar refractivity (Wildman–Crippen MR) is 117 cm³/mol. The van der Waals surface area contributed by atoms with Crippen LogP contribution in [0.3, 0.4) is 0 Å². The molecule has 158 valence electrons. The number of aromatic nitrogens is 4. The van der Waals surface area contributed by atoms with Crippen molar-refractivity contribution in [2.75, 3.05) is 7.11 Å². The molecule has 4 aromatic rings. The van der Waals surface area contributed by atoms with Crippen LogP contribution < -0.4 is 63.9 Å². The van der Waals surface area contributed by atoms with E-state index >= 15 is 0 Å². The Bertz CT molecular complexity index is 1210. The van der Waals surface area contributed by atoms with E-state index in [1.54, 1.807) is 17.7 Å². The van der Waals surface area contributed by atoms with Crippen molar-refractivity contribution in [1.29, 1.82) is 0 Å². The monoisotopic (exact) mass is 469 g/mol. The minimum absolute atomic E-state index is 0. The Balaban J connectivity index is 0.00000171. The van der Waals surface area contributed by atoms with Gasteiger partial charge < -0.3 is 37.1 Å². The molecule has 2 aromatic carbocycles. The van der Waals surface area contributed by atoms with Gasteiger partial charge in [0.25, 0.3) is 0 Å². The molecule has 2 N–H and O–H groups in total. The van der Waals surface area contributed by atoms with Crippen molar-refractivity contribution >= 4 is 23.5 Å². The zero-order chi connectivity index (χ0) is 20.7. The number of nitrogens with zero attached hydrogens (tertiary/aromatic N) is 4. The van der Waals surface area contributed by atoms with Crippen molar-refractivity contribution in [3.05, 3.63) is 48.2 Å². The fraction of sp³-hybridized carbons (Fsp3) is 0.273. The Morgan fingerprint density at radius 2 is 1.91 bits per heavy atom. The van der Waals surface area contributed by atoms with Gasteiger partial charge in [-0.3, -0.25) is 0 Å². The zero-order valence-corrected chi connectivity index (χ0v) is 24.1. The smallest absolute Gasteiger partial charge is 0.870 e. The van der Waals surface area contributed by atoms with E-state index < -0.39 is 0 Å². The van der Waals surface area contributed by atoms with Crippen LogP contribution in [0, 0.1) is 6.07 Å². The van der Waals surface area contributed by atoms with Crippen LogP contribution in [0.2, 0.25) is 0 Å². The molecule has 0 aliphatic rings. The van der Waals surface area contributed by atoms with Crippen LogP contribution in [0.5, 0.6) is 11.5 Å². The molecule has 0 bridgehead atoms. The van der Waals surface area contributed by atoms with E-state index in [-0.39, 0.29) is 76.4 Å². The second-order valence-corrected chi connectivity index (χ2v) is 7.48. The summed E-state index contributed by atoms with van der Waals surface area (Å²) in [6.07, 6.45) is 2.84. The molecule has 2 aromatic heterocycles. The normalized spacial score (nSPS) is 10.4. The van der Waals surface area contributed by atoms with E-state index in [1.165, 1.54) is 0 Å². The summed E-state index contributed by atoms with van der Waals surface area (Å²) in [5.74, 6) is 1.38. The molecule has 0 unspecified atom stereocenters. The first-order valence-electron chi connectivity index (χ1n) is 9.50. The van der Waals surface area contributed by atoms with Crippen LogP contribution in [0.25, 0.3) is 28.0 Å². The van der Waals surface area contributed by atoms with E-state index in [9.17, 15) is 5.11 Å². The van der Waals surface area contributed by atoms with Gasteiger partial charge in [0.1, 0.15) is 11.6 Å². The number of hydrogen-bond acceptors (Lipinski definition) is 6. The first-order valence-corrected chi connectivity index (χ1v) is 9.91. The van der Waals surface area contributed by atoms with Crippen LogP contribution in [-0.2, 0) is 19.0 Å². The second-order valence-electron chi connectivity index (χ2n) is 7.12. The number of rotatable bonds is 5. The molecule has 0 saturated carbocycles. The number of phenolic OH excluding ortho intramolecular Hbond substituents is 1. The number of benzene rings is 2. The molecule has 0 atom stereocenters. The Hall–Kier alpha value is -1.10. The summed E-state index contributed by atoms with van der Waals surface area (Å²) in [5, 5.41) is 20.2. The molecular weight excluding hydrogens is 446 g/mol. The van der Waals surface area contributed by atoms with Gasteiger partial charge in [-0.1, -0.05) is 13.3 Å². The summed E-state index contributed by atoms with van der Waals surface area (Å²) in [6, 6.07) is 12.7. The Labute approximate surface area is 237 Å². The molecule has 0 fully saturated rings. The molecular formula is C22H23N4Na2O3S-. The van der Waals surface area contributed by atoms with Gasteiger partial charge in [-0.25, -0.2) is 0 Å². The van der Waals surface area contributed by atoms with E-state index in [0.29, 0.717) is 16.5 Å². The third-order valence-electron chi connectivity index (χ3n) is 5.08. The van der Waals surface area contributed by atoms with Crippen molar-refractivity contribution in [3.63, 3.8) is 0 Å². The molecule has 7 nitrogen and oxygen atoms in total. The fourth-order valence-corrected chi connectivity index (χ4v) is 3.83. The van der Waals surface area contributed by atoms with Gasteiger partial charge in [-0.05, 0) is 37.6 Å². The van der Waals surface area contributed by atoms with Gasteiger partial charge in [0, 0.05) is 28.5 Å². The minimum atomic E-state index is 0. The summed E-state index contributed by atoms with van der Waals surface area (Å²) in [7, 11) is 1.67. The van der Waals surface area contributed by atoms with Gasteiger partial charge in [-0.15, -0.1) is 11.2 Å². The molecule has 10 heteroatoms. The zero-order valence-electron chi connectivity index (χ0n) is 19.2. The Morgan fingerprint density at radius 1 is 1.19 bits per heavy atom. The molecule has 2 heterocycles. The van der Waals surface area contributed by atoms with Crippen molar-refractivity contribution < 1.29 is 74.4 Å². The third-order valence-corrected chi connectivity index (χ3v) is 5.34. The average Bonchev–Trinajstić information content (AvgIpc) is 3.32. The van der Waals surface area contributed by atoms with Gasteiger partial charge in [0.05, 0.1) is 18.3 Å². The largest absolute Gasteiger partial charge is 1.00 e. The fourth-order valence-electron chi connectivity index (χ4n) is 3.60.